The molecule has 9 heteroatoms. The van der Waals surface area contributed by atoms with Gasteiger partial charge in [0.2, 0.25) is 0 Å². The fraction of sp³-hybridized carbons (Fsp3) is 0. The maximum absolute atomic E-state index is 12.5. The van der Waals surface area contributed by atoms with Gasteiger partial charge in [0.15, 0.2) is 0 Å². The van der Waals surface area contributed by atoms with Gasteiger partial charge in [-0.25, -0.2) is 0 Å². The number of hydrogen-bond acceptors (Lipinski definition) is 0. The number of rotatable bonds is 1. The molecule has 0 radical (unpaired) electrons. The molecule has 1 aromatic carbocycles. The van der Waals surface area contributed by atoms with E-state index in [1.54, 1.807) is 0 Å². The summed E-state index contributed by atoms with van der Waals surface area (Å²) < 4.78 is 95.5. The third-order valence-electron chi connectivity index (χ3n) is 1.40. The summed E-state index contributed by atoms with van der Waals surface area (Å²) in [5.74, 6) is -13.4. The first-order valence-electron chi connectivity index (χ1n) is 3.11. The van der Waals surface area contributed by atoms with Crippen molar-refractivity contribution in [3.63, 3.8) is 0 Å². The summed E-state index contributed by atoms with van der Waals surface area (Å²) in [5.41, 5.74) is 0. The molecule has 0 N–H and O–H groups in total. The second-order valence-corrected chi connectivity index (χ2v) is 5.79. The van der Waals surface area contributed by atoms with Gasteiger partial charge in [0.25, 0.3) is 0 Å². The summed E-state index contributed by atoms with van der Waals surface area (Å²) in [6, 6.07) is 0. The van der Waals surface area contributed by atoms with E-state index in [1.807, 2.05) is 0 Å². The molecule has 1 aromatic rings. The Morgan fingerprint density at radius 2 is 0.800 bits per heavy atom. The minimum absolute atomic E-state index is 2.60. The van der Waals surface area contributed by atoms with Crippen LogP contribution in [-0.2, 0) is 0 Å². The van der Waals surface area contributed by atoms with Crippen LogP contribution in [0.25, 0.3) is 0 Å². The summed E-state index contributed by atoms with van der Waals surface area (Å²) in [6.07, 6.45) is 0. The van der Waals surface area contributed by atoms with Crippen molar-refractivity contribution in [1.29, 1.82) is 0 Å². The average Bonchev–Trinajstić information content (AvgIpc) is 2.09. The predicted octanol–water partition coefficient (Wildman–Crippen LogP) is 2.44. The third kappa shape index (κ3) is 2.03. The molecule has 0 aliphatic heterocycles. The third-order valence-corrected chi connectivity index (χ3v) is 3.75. The van der Waals surface area contributed by atoms with Crippen LogP contribution in [0.3, 0.4) is 0 Å². The van der Waals surface area contributed by atoms with Gasteiger partial charge in [-0.1, -0.05) is 0 Å². The normalized spacial score (nSPS) is 13.1. The van der Waals surface area contributed by atoms with Crippen LogP contribution in [0.5, 0.6) is 0 Å². The molecular formula is C6F8Te. The number of halogens is 8. The van der Waals surface area contributed by atoms with Gasteiger partial charge in [-0.3, -0.25) is 0 Å². The molecule has 0 aromatic heterocycles. The van der Waals surface area contributed by atoms with E-state index in [0.717, 1.165) is 0 Å². The molecule has 0 heterocycles. The fourth-order valence-electron chi connectivity index (χ4n) is 0.788. The molecule has 0 spiro atoms. The predicted molar refractivity (Wildman–Crippen MR) is 34.9 cm³/mol. The molecule has 0 nitrogen and oxygen atoms in total. The van der Waals surface area contributed by atoms with E-state index in [1.165, 1.54) is 0 Å². The van der Waals surface area contributed by atoms with Crippen molar-refractivity contribution in [2.75, 3.05) is 0 Å². The van der Waals surface area contributed by atoms with Crippen molar-refractivity contribution < 1.29 is 30.6 Å². The van der Waals surface area contributed by atoms with Crippen molar-refractivity contribution in [2.45, 2.75) is 0 Å². The van der Waals surface area contributed by atoms with Crippen LogP contribution >= 0.6 is 0 Å². The Kier molecular flexibility index (Phi) is 3.16. The van der Waals surface area contributed by atoms with E-state index in [0.29, 0.717) is 0 Å². The van der Waals surface area contributed by atoms with Gasteiger partial charge in [-0.15, -0.1) is 0 Å². The summed E-state index contributed by atoms with van der Waals surface area (Å²) in [7, 11) is 0. The Morgan fingerprint density at radius 1 is 0.533 bits per heavy atom. The Morgan fingerprint density at radius 3 is 1.07 bits per heavy atom. The van der Waals surface area contributed by atoms with E-state index in [-0.39, 0.29) is 0 Å². The summed E-state index contributed by atoms with van der Waals surface area (Å²) in [4.78, 5) is 0. The molecule has 15 heavy (non-hydrogen) atoms. The Hall–Kier alpha value is -0.550. The zero-order chi connectivity index (χ0) is 12.0. The summed E-state index contributed by atoms with van der Waals surface area (Å²) in [6.45, 7) is 0. The second kappa shape index (κ2) is 3.79. The standard InChI is InChI=1S/C6F8Te/c7-1-2(8)4(10)6(15(12,13)14)5(11)3(1)9. The molecule has 0 amide bonds. The van der Waals surface area contributed by atoms with Crippen LogP contribution in [0, 0.1) is 29.1 Å². The molecule has 0 atom stereocenters. The van der Waals surface area contributed by atoms with Crippen LogP contribution in [0.1, 0.15) is 0 Å². The van der Waals surface area contributed by atoms with Crippen LogP contribution in [-0.4, -0.2) is 19.9 Å². The molecule has 0 saturated heterocycles. The van der Waals surface area contributed by atoms with Gasteiger partial charge in [0.1, 0.15) is 0 Å². The molecule has 86 valence electrons. The van der Waals surface area contributed by atoms with Gasteiger partial charge in [0.05, 0.1) is 0 Å². The van der Waals surface area contributed by atoms with E-state index < -0.39 is 52.6 Å². The van der Waals surface area contributed by atoms with Crippen LogP contribution in [0.2, 0.25) is 0 Å². The van der Waals surface area contributed by atoms with E-state index in [9.17, 15) is 30.6 Å². The number of benzene rings is 1. The van der Waals surface area contributed by atoms with Crippen LogP contribution in [0.4, 0.5) is 30.6 Å². The molecule has 0 fully saturated rings. The quantitative estimate of drug-likeness (QED) is 0.315. The molecular weight excluding hydrogens is 352 g/mol. The molecule has 1 rings (SSSR count). The minimum atomic E-state index is -7.64. The zero-order valence-corrected chi connectivity index (χ0v) is 8.76. The zero-order valence-electron chi connectivity index (χ0n) is 6.43. The fourth-order valence-corrected chi connectivity index (χ4v) is 2.46. The second-order valence-electron chi connectivity index (χ2n) is 2.31. The van der Waals surface area contributed by atoms with Crippen LogP contribution in [0.15, 0.2) is 0 Å². The molecule has 0 aliphatic carbocycles. The Labute approximate surface area is 83.6 Å². The Balaban J connectivity index is 3.68. The van der Waals surface area contributed by atoms with Gasteiger partial charge in [0, 0.05) is 0 Å². The topological polar surface area (TPSA) is 0 Å². The van der Waals surface area contributed by atoms with Crippen molar-refractivity contribution >= 4 is 23.5 Å². The summed E-state index contributed by atoms with van der Waals surface area (Å²) >= 11 is -7.64. The van der Waals surface area contributed by atoms with Gasteiger partial charge < -0.3 is 0 Å². The SMILES string of the molecule is Fc1c(F)c(F)c([Te](F)(F)F)c(F)c1F. The first-order chi connectivity index (χ1) is 6.68. The summed E-state index contributed by atoms with van der Waals surface area (Å²) in [5, 5.41) is 0. The molecule has 0 saturated carbocycles. The molecule has 0 unspecified atom stereocenters. The van der Waals surface area contributed by atoms with Crippen molar-refractivity contribution in [2.24, 2.45) is 0 Å². The molecule has 0 aliphatic rings. The van der Waals surface area contributed by atoms with E-state index in [2.05, 4.69) is 0 Å². The maximum atomic E-state index is 12.5. The first-order valence-corrected chi connectivity index (χ1v) is 6.92. The molecule has 0 bridgehead atoms. The van der Waals surface area contributed by atoms with Crippen molar-refractivity contribution in [1.82, 2.24) is 0 Å². The van der Waals surface area contributed by atoms with E-state index >= 15 is 0 Å². The monoisotopic (exact) mass is 354 g/mol. The van der Waals surface area contributed by atoms with Gasteiger partial charge >= 0.3 is 83.2 Å². The first kappa shape index (κ1) is 12.5. The van der Waals surface area contributed by atoms with Gasteiger partial charge in [-0.2, -0.15) is 0 Å². The van der Waals surface area contributed by atoms with E-state index in [4.69, 9.17) is 0 Å². The van der Waals surface area contributed by atoms with Crippen LogP contribution < -0.4 is 3.61 Å². The Bertz CT molecular complexity index is 380. The van der Waals surface area contributed by atoms with Crippen molar-refractivity contribution in [3.05, 3.63) is 29.1 Å². The van der Waals surface area contributed by atoms with Gasteiger partial charge in [-0.05, 0) is 0 Å². The number of hydrogen-bond donors (Lipinski definition) is 0. The average molecular weight is 352 g/mol. The van der Waals surface area contributed by atoms with Crippen molar-refractivity contribution in [3.8, 4) is 0 Å².